The highest BCUT2D eigenvalue weighted by molar-refractivity contribution is 6.36. The lowest BCUT2D eigenvalue weighted by atomic mass is 9.67. The predicted octanol–water partition coefficient (Wildman–Crippen LogP) is 5.37. The molecule has 0 spiro atoms. The fraction of sp³-hybridized carbons (Fsp3) is 0.300. The standard InChI is InChI=1S/C20H19ClN2/c1-20(2)13-8-4-5-9-15(13)22-18-14(20)11-23-16-10-6-3-7-12(16)17(21)19(18)23/h3-10,14,18,22H,11H2,1-2H3/t14-,18-/m1/s1. The molecule has 3 heteroatoms. The Morgan fingerprint density at radius 1 is 1.09 bits per heavy atom. The van der Waals surface area contributed by atoms with Gasteiger partial charge in [0.05, 0.1) is 16.8 Å². The summed E-state index contributed by atoms with van der Waals surface area (Å²) in [7, 11) is 0. The van der Waals surface area contributed by atoms with Gasteiger partial charge in [0.15, 0.2) is 0 Å². The molecule has 2 aliphatic rings. The number of rotatable bonds is 0. The number of para-hydroxylation sites is 2. The van der Waals surface area contributed by atoms with E-state index in [1.54, 1.807) is 0 Å². The molecule has 0 saturated heterocycles. The minimum atomic E-state index is 0.121. The summed E-state index contributed by atoms with van der Waals surface area (Å²) >= 11 is 6.78. The molecule has 2 atom stereocenters. The van der Waals surface area contributed by atoms with Crippen LogP contribution in [-0.4, -0.2) is 4.57 Å². The number of nitrogens with zero attached hydrogens (tertiary/aromatic N) is 1. The molecule has 1 N–H and O–H groups in total. The molecule has 2 aliphatic heterocycles. The highest BCUT2D eigenvalue weighted by atomic mass is 35.5. The van der Waals surface area contributed by atoms with Gasteiger partial charge in [0.1, 0.15) is 0 Å². The first-order chi connectivity index (χ1) is 11.1. The maximum absolute atomic E-state index is 6.78. The van der Waals surface area contributed by atoms with Crippen molar-refractivity contribution in [1.29, 1.82) is 0 Å². The lowest BCUT2D eigenvalue weighted by Crippen LogP contribution is -2.39. The van der Waals surface area contributed by atoms with E-state index in [4.69, 9.17) is 11.6 Å². The summed E-state index contributed by atoms with van der Waals surface area (Å²) in [6.45, 7) is 5.75. The lowest BCUT2D eigenvalue weighted by Gasteiger charge is -2.42. The van der Waals surface area contributed by atoms with Gasteiger partial charge in [-0.2, -0.15) is 0 Å². The Hall–Kier alpha value is -1.93. The fourth-order valence-corrected chi connectivity index (χ4v) is 5.01. The lowest BCUT2D eigenvalue weighted by molar-refractivity contribution is 0.274. The Bertz CT molecular complexity index is 938. The van der Waals surface area contributed by atoms with E-state index in [1.807, 2.05) is 0 Å². The van der Waals surface area contributed by atoms with Gasteiger partial charge in [-0.25, -0.2) is 0 Å². The van der Waals surface area contributed by atoms with E-state index in [0.717, 1.165) is 11.6 Å². The van der Waals surface area contributed by atoms with Crippen molar-refractivity contribution in [2.45, 2.75) is 31.8 Å². The van der Waals surface area contributed by atoms with Crippen molar-refractivity contribution in [3.8, 4) is 0 Å². The van der Waals surface area contributed by atoms with Crippen LogP contribution in [0, 0.1) is 5.92 Å². The Morgan fingerprint density at radius 3 is 2.70 bits per heavy atom. The predicted molar refractivity (Wildman–Crippen MR) is 96.3 cm³/mol. The average molecular weight is 323 g/mol. The summed E-state index contributed by atoms with van der Waals surface area (Å²) in [6.07, 6.45) is 0. The van der Waals surface area contributed by atoms with Crippen LogP contribution in [0.2, 0.25) is 5.02 Å². The number of halogens is 1. The molecule has 0 radical (unpaired) electrons. The van der Waals surface area contributed by atoms with Gasteiger partial charge in [-0.15, -0.1) is 0 Å². The maximum atomic E-state index is 6.78. The molecule has 1 aromatic heterocycles. The molecule has 0 bridgehead atoms. The van der Waals surface area contributed by atoms with Gasteiger partial charge in [0, 0.05) is 29.1 Å². The number of hydrogen-bond acceptors (Lipinski definition) is 1. The molecule has 3 heterocycles. The highest BCUT2D eigenvalue weighted by Crippen LogP contribution is 2.54. The van der Waals surface area contributed by atoms with Crippen LogP contribution in [0.1, 0.15) is 31.1 Å². The molecule has 5 rings (SSSR count). The molecule has 0 saturated carbocycles. The minimum absolute atomic E-state index is 0.121. The first kappa shape index (κ1) is 13.5. The molecule has 0 amide bonds. The van der Waals surface area contributed by atoms with Crippen molar-refractivity contribution in [1.82, 2.24) is 4.57 Å². The second-order valence-electron chi connectivity index (χ2n) is 7.32. The second-order valence-corrected chi connectivity index (χ2v) is 7.70. The van der Waals surface area contributed by atoms with Crippen LogP contribution < -0.4 is 5.32 Å². The van der Waals surface area contributed by atoms with Crippen molar-refractivity contribution >= 4 is 28.2 Å². The Balaban J connectivity index is 1.76. The minimum Gasteiger partial charge on any atom is -0.376 e. The van der Waals surface area contributed by atoms with E-state index in [0.29, 0.717) is 5.92 Å². The molecule has 0 aliphatic carbocycles. The first-order valence-corrected chi connectivity index (χ1v) is 8.59. The van der Waals surface area contributed by atoms with Crippen LogP contribution in [0.3, 0.4) is 0 Å². The van der Waals surface area contributed by atoms with E-state index in [1.165, 1.54) is 27.8 Å². The number of nitrogens with one attached hydrogen (secondary N) is 1. The summed E-state index contributed by atoms with van der Waals surface area (Å²) in [4.78, 5) is 0. The molecule has 3 aromatic rings. The van der Waals surface area contributed by atoms with Gasteiger partial charge >= 0.3 is 0 Å². The van der Waals surface area contributed by atoms with Crippen LogP contribution in [0.5, 0.6) is 0 Å². The molecular weight excluding hydrogens is 304 g/mol. The van der Waals surface area contributed by atoms with Gasteiger partial charge in [-0.05, 0) is 23.1 Å². The molecular formula is C20H19ClN2. The average Bonchev–Trinajstić information content (AvgIpc) is 3.06. The normalized spacial score (nSPS) is 24.0. The van der Waals surface area contributed by atoms with Crippen molar-refractivity contribution in [3.05, 3.63) is 64.8 Å². The number of benzene rings is 2. The molecule has 116 valence electrons. The number of aromatic nitrogens is 1. The van der Waals surface area contributed by atoms with E-state index in [-0.39, 0.29) is 11.5 Å². The molecule has 2 nitrogen and oxygen atoms in total. The number of fused-ring (bicyclic) bond motifs is 6. The third kappa shape index (κ3) is 1.60. The van der Waals surface area contributed by atoms with Crippen LogP contribution in [0.4, 0.5) is 5.69 Å². The van der Waals surface area contributed by atoms with Gasteiger partial charge in [-0.3, -0.25) is 0 Å². The Kier molecular flexibility index (Phi) is 2.54. The van der Waals surface area contributed by atoms with E-state index in [9.17, 15) is 0 Å². The SMILES string of the molecule is CC1(C)c2ccccc2N[C@H]2c3c(Cl)c4ccccc4n3C[C@H]21. The first-order valence-electron chi connectivity index (χ1n) is 8.21. The van der Waals surface area contributed by atoms with Crippen molar-refractivity contribution < 1.29 is 0 Å². The Morgan fingerprint density at radius 2 is 1.83 bits per heavy atom. The summed E-state index contributed by atoms with van der Waals surface area (Å²) in [5.74, 6) is 0.509. The van der Waals surface area contributed by atoms with Crippen LogP contribution >= 0.6 is 11.6 Å². The maximum Gasteiger partial charge on any atom is 0.0734 e. The smallest absolute Gasteiger partial charge is 0.0734 e. The number of hydrogen-bond donors (Lipinski definition) is 1. The van der Waals surface area contributed by atoms with Crippen molar-refractivity contribution in [3.63, 3.8) is 0 Å². The summed E-state index contributed by atoms with van der Waals surface area (Å²) in [5.41, 5.74) is 5.28. The summed E-state index contributed by atoms with van der Waals surface area (Å²) in [5, 5.41) is 5.85. The molecule has 23 heavy (non-hydrogen) atoms. The van der Waals surface area contributed by atoms with Crippen molar-refractivity contribution in [2.75, 3.05) is 5.32 Å². The zero-order valence-electron chi connectivity index (χ0n) is 13.3. The van der Waals surface area contributed by atoms with Gasteiger partial charge in [-0.1, -0.05) is 61.8 Å². The monoisotopic (exact) mass is 322 g/mol. The van der Waals surface area contributed by atoms with E-state index in [2.05, 4.69) is 72.3 Å². The highest BCUT2D eigenvalue weighted by Gasteiger charge is 2.48. The summed E-state index contributed by atoms with van der Waals surface area (Å²) in [6, 6.07) is 17.4. The quantitative estimate of drug-likeness (QED) is 0.589. The van der Waals surface area contributed by atoms with Gasteiger partial charge in [0.25, 0.3) is 0 Å². The Labute approximate surface area is 141 Å². The van der Waals surface area contributed by atoms with Crippen molar-refractivity contribution in [2.24, 2.45) is 5.92 Å². The molecule has 0 unspecified atom stereocenters. The van der Waals surface area contributed by atoms with Gasteiger partial charge < -0.3 is 9.88 Å². The second kappa shape index (κ2) is 4.33. The largest absolute Gasteiger partial charge is 0.376 e. The van der Waals surface area contributed by atoms with Crippen LogP contribution in [0.25, 0.3) is 10.9 Å². The molecule has 2 aromatic carbocycles. The number of anilines is 1. The third-order valence-corrected chi connectivity index (χ3v) is 6.28. The van der Waals surface area contributed by atoms with Crippen LogP contribution in [0.15, 0.2) is 48.5 Å². The topological polar surface area (TPSA) is 17.0 Å². The zero-order valence-corrected chi connectivity index (χ0v) is 14.1. The van der Waals surface area contributed by atoms with E-state index < -0.39 is 0 Å². The third-order valence-electron chi connectivity index (χ3n) is 5.88. The fourth-order valence-electron chi connectivity index (χ4n) is 4.63. The zero-order chi connectivity index (χ0) is 15.8. The van der Waals surface area contributed by atoms with Gasteiger partial charge in [0.2, 0.25) is 0 Å². The van der Waals surface area contributed by atoms with Crippen LogP contribution in [-0.2, 0) is 12.0 Å². The summed E-state index contributed by atoms with van der Waals surface area (Å²) < 4.78 is 2.42. The molecule has 0 fully saturated rings. The van der Waals surface area contributed by atoms with E-state index >= 15 is 0 Å².